The van der Waals surface area contributed by atoms with Crippen molar-refractivity contribution in [2.75, 3.05) is 17.1 Å². The summed E-state index contributed by atoms with van der Waals surface area (Å²) in [7, 11) is -3.74. The van der Waals surface area contributed by atoms with Gasteiger partial charge in [0.05, 0.1) is 11.9 Å². The number of rotatable bonds is 9. The highest BCUT2D eigenvalue weighted by atomic mass is 79.9. The SMILES string of the molecule is CCC(C(=O)NC(C)(C)C)N(Cc1ccccc1)C(=O)CN(c1ccc(Br)cc1)S(C)(=O)=O. The van der Waals surface area contributed by atoms with E-state index in [9.17, 15) is 18.0 Å². The van der Waals surface area contributed by atoms with Crippen LogP contribution in [0.25, 0.3) is 0 Å². The molecule has 0 fully saturated rings. The zero-order valence-electron chi connectivity index (χ0n) is 19.7. The predicted octanol–water partition coefficient (Wildman–Crippen LogP) is 3.94. The van der Waals surface area contributed by atoms with Crippen molar-refractivity contribution in [1.29, 1.82) is 0 Å². The number of anilines is 1. The number of carbonyl (C=O) groups excluding carboxylic acids is 2. The Morgan fingerprint density at radius 2 is 1.61 bits per heavy atom. The summed E-state index contributed by atoms with van der Waals surface area (Å²) in [5.74, 6) is -0.730. The third-order valence-corrected chi connectivity index (χ3v) is 6.54. The van der Waals surface area contributed by atoms with E-state index in [1.807, 2.05) is 58.0 Å². The van der Waals surface area contributed by atoms with E-state index in [0.29, 0.717) is 12.1 Å². The molecule has 0 saturated carbocycles. The maximum atomic E-state index is 13.5. The predicted molar refractivity (Wildman–Crippen MR) is 135 cm³/mol. The van der Waals surface area contributed by atoms with Gasteiger partial charge in [-0.15, -0.1) is 0 Å². The molecule has 0 aliphatic carbocycles. The van der Waals surface area contributed by atoms with Crippen LogP contribution in [0.5, 0.6) is 0 Å². The van der Waals surface area contributed by atoms with Gasteiger partial charge in [0.1, 0.15) is 12.6 Å². The fourth-order valence-corrected chi connectivity index (χ4v) is 4.49. The van der Waals surface area contributed by atoms with Crippen LogP contribution in [0.1, 0.15) is 39.7 Å². The molecule has 0 radical (unpaired) electrons. The maximum Gasteiger partial charge on any atom is 0.244 e. The van der Waals surface area contributed by atoms with Crippen LogP contribution in [0.3, 0.4) is 0 Å². The lowest BCUT2D eigenvalue weighted by molar-refractivity contribution is -0.141. The van der Waals surface area contributed by atoms with E-state index >= 15 is 0 Å². The molecule has 2 aromatic carbocycles. The van der Waals surface area contributed by atoms with Crippen LogP contribution in [0, 0.1) is 0 Å². The molecule has 0 heterocycles. The van der Waals surface area contributed by atoms with Crippen molar-refractivity contribution in [3.63, 3.8) is 0 Å². The first kappa shape index (κ1) is 26.9. The van der Waals surface area contributed by atoms with Crippen molar-refractivity contribution in [3.05, 3.63) is 64.6 Å². The average molecular weight is 539 g/mol. The van der Waals surface area contributed by atoms with Gasteiger partial charge in [0.2, 0.25) is 21.8 Å². The zero-order chi connectivity index (χ0) is 24.8. The zero-order valence-corrected chi connectivity index (χ0v) is 22.1. The van der Waals surface area contributed by atoms with Gasteiger partial charge in [0.15, 0.2) is 0 Å². The molecule has 33 heavy (non-hydrogen) atoms. The number of nitrogens with one attached hydrogen (secondary N) is 1. The van der Waals surface area contributed by atoms with Crippen molar-refractivity contribution in [2.24, 2.45) is 0 Å². The fraction of sp³-hybridized carbons (Fsp3) is 0.417. The second kappa shape index (κ2) is 11.2. The largest absolute Gasteiger partial charge is 0.350 e. The molecule has 0 aromatic heterocycles. The number of sulfonamides is 1. The van der Waals surface area contributed by atoms with Crippen LogP contribution in [0.2, 0.25) is 0 Å². The first-order chi connectivity index (χ1) is 15.3. The van der Waals surface area contributed by atoms with Crippen LogP contribution >= 0.6 is 15.9 Å². The van der Waals surface area contributed by atoms with Crippen LogP contribution in [0.4, 0.5) is 5.69 Å². The molecular weight excluding hydrogens is 506 g/mol. The summed E-state index contributed by atoms with van der Waals surface area (Å²) in [5.41, 5.74) is 0.755. The Balaban J connectivity index is 2.42. The Kier molecular flexibility index (Phi) is 9.08. The smallest absolute Gasteiger partial charge is 0.244 e. The van der Waals surface area contributed by atoms with Gasteiger partial charge in [-0.25, -0.2) is 8.42 Å². The van der Waals surface area contributed by atoms with E-state index < -0.39 is 34.1 Å². The molecule has 0 saturated heterocycles. The van der Waals surface area contributed by atoms with Gasteiger partial charge in [-0.05, 0) is 57.0 Å². The molecule has 0 spiro atoms. The minimum absolute atomic E-state index is 0.188. The minimum Gasteiger partial charge on any atom is -0.350 e. The van der Waals surface area contributed by atoms with E-state index in [1.54, 1.807) is 24.3 Å². The maximum absolute atomic E-state index is 13.5. The van der Waals surface area contributed by atoms with Gasteiger partial charge in [-0.1, -0.05) is 53.2 Å². The first-order valence-electron chi connectivity index (χ1n) is 10.7. The molecule has 9 heteroatoms. The number of amides is 2. The summed E-state index contributed by atoms with van der Waals surface area (Å²) in [6.45, 7) is 7.24. The summed E-state index contributed by atoms with van der Waals surface area (Å²) in [6, 6.07) is 15.3. The van der Waals surface area contributed by atoms with Crippen LogP contribution in [-0.4, -0.2) is 49.5 Å². The van der Waals surface area contributed by atoms with E-state index in [-0.39, 0.29) is 12.5 Å². The minimum atomic E-state index is -3.74. The molecule has 2 amide bonds. The highest BCUT2D eigenvalue weighted by Gasteiger charge is 2.33. The lowest BCUT2D eigenvalue weighted by Gasteiger charge is -2.34. The second-order valence-corrected chi connectivity index (χ2v) is 11.7. The molecule has 7 nitrogen and oxygen atoms in total. The van der Waals surface area contributed by atoms with Gasteiger partial charge in [-0.2, -0.15) is 0 Å². The molecule has 1 unspecified atom stereocenters. The Bertz CT molecular complexity index is 1050. The van der Waals surface area contributed by atoms with E-state index in [0.717, 1.165) is 20.6 Å². The normalized spacial score (nSPS) is 12.7. The standard InChI is InChI=1S/C24H32BrN3O4S/c1-6-21(23(30)26-24(2,3)4)27(16-18-10-8-7-9-11-18)22(29)17-28(33(5,31)32)20-14-12-19(25)13-15-20/h7-15,21H,6,16-17H2,1-5H3,(H,26,30). The van der Waals surface area contributed by atoms with Gasteiger partial charge < -0.3 is 10.2 Å². The van der Waals surface area contributed by atoms with Crippen LogP contribution in [-0.2, 0) is 26.2 Å². The molecule has 0 aliphatic heterocycles. The monoisotopic (exact) mass is 537 g/mol. The van der Waals surface area contributed by atoms with Crippen LogP contribution < -0.4 is 9.62 Å². The number of halogens is 1. The number of hydrogen-bond acceptors (Lipinski definition) is 4. The topological polar surface area (TPSA) is 86.8 Å². The van der Waals surface area contributed by atoms with Crippen molar-refractivity contribution >= 4 is 43.5 Å². The fourth-order valence-electron chi connectivity index (χ4n) is 3.37. The van der Waals surface area contributed by atoms with Gasteiger partial charge in [0, 0.05) is 16.6 Å². The summed E-state index contributed by atoms with van der Waals surface area (Å²) >= 11 is 3.34. The lowest BCUT2D eigenvalue weighted by Crippen LogP contribution is -2.55. The second-order valence-electron chi connectivity index (χ2n) is 8.92. The average Bonchev–Trinajstić information content (AvgIpc) is 2.71. The van der Waals surface area contributed by atoms with E-state index in [1.165, 1.54) is 4.90 Å². The van der Waals surface area contributed by atoms with Crippen molar-refractivity contribution in [2.45, 2.75) is 52.2 Å². The highest BCUT2D eigenvalue weighted by molar-refractivity contribution is 9.10. The van der Waals surface area contributed by atoms with Gasteiger partial charge in [0.25, 0.3) is 0 Å². The molecule has 1 N–H and O–H groups in total. The number of carbonyl (C=O) groups is 2. The molecule has 1 atom stereocenters. The van der Waals surface area contributed by atoms with Gasteiger partial charge in [-0.3, -0.25) is 13.9 Å². The van der Waals surface area contributed by atoms with Crippen molar-refractivity contribution in [1.82, 2.24) is 10.2 Å². The molecule has 0 bridgehead atoms. The lowest BCUT2D eigenvalue weighted by atomic mass is 10.1. The number of nitrogens with zero attached hydrogens (tertiary/aromatic N) is 2. The summed E-state index contributed by atoms with van der Waals surface area (Å²) in [4.78, 5) is 28.1. The first-order valence-corrected chi connectivity index (χ1v) is 13.3. The summed E-state index contributed by atoms with van der Waals surface area (Å²) in [5, 5.41) is 2.94. The Morgan fingerprint density at radius 3 is 2.09 bits per heavy atom. The van der Waals surface area contributed by atoms with E-state index in [4.69, 9.17) is 0 Å². The van der Waals surface area contributed by atoms with Crippen molar-refractivity contribution < 1.29 is 18.0 Å². The van der Waals surface area contributed by atoms with Crippen molar-refractivity contribution in [3.8, 4) is 0 Å². The molecular formula is C24H32BrN3O4S. The molecule has 0 aliphatic rings. The molecule has 2 rings (SSSR count). The van der Waals surface area contributed by atoms with E-state index in [2.05, 4.69) is 21.2 Å². The van der Waals surface area contributed by atoms with Gasteiger partial charge >= 0.3 is 0 Å². The highest BCUT2D eigenvalue weighted by Crippen LogP contribution is 2.22. The molecule has 180 valence electrons. The Hall–Kier alpha value is -2.39. The third kappa shape index (κ3) is 8.16. The number of hydrogen-bond donors (Lipinski definition) is 1. The summed E-state index contributed by atoms with van der Waals surface area (Å²) in [6.07, 6.45) is 1.45. The quantitative estimate of drug-likeness (QED) is 0.524. The molecule has 2 aromatic rings. The van der Waals surface area contributed by atoms with Crippen LogP contribution in [0.15, 0.2) is 59.1 Å². The number of benzene rings is 2. The Morgan fingerprint density at radius 1 is 1.03 bits per heavy atom. The Labute approximate surface area is 205 Å². The third-order valence-electron chi connectivity index (χ3n) is 4.87. The summed E-state index contributed by atoms with van der Waals surface area (Å²) < 4.78 is 27.0.